The summed E-state index contributed by atoms with van der Waals surface area (Å²) in [6.07, 6.45) is -0.517. The second kappa shape index (κ2) is 7.38. The van der Waals surface area contributed by atoms with Crippen LogP contribution >= 0.6 is 0 Å². The molecule has 3 aliphatic rings. The molecule has 0 bridgehead atoms. The molecule has 2 N–H and O–H groups in total. The molecule has 33 heavy (non-hydrogen) atoms. The van der Waals surface area contributed by atoms with Crippen LogP contribution in [0.15, 0.2) is 42.5 Å². The van der Waals surface area contributed by atoms with Gasteiger partial charge in [-0.2, -0.15) is 0 Å². The maximum atomic E-state index is 13.1. The molecule has 0 aliphatic carbocycles. The number of carbonyl (C=O) groups excluding carboxylic acids is 3. The molecule has 3 aliphatic heterocycles. The van der Waals surface area contributed by atoms with Crippen LogP contribution in [0.1, 0.15) is 19.4 Å². The van der Waals surface area contributed by atoms with Crippen LogP contribution in [0.5, 0.6) is 0 Å². The van der Waals surface area contributed by atoms with Gasteiger partial charge < -0.3 is 9.64 Å². The fraction of sp³-hybridized carbons (Fsp3) is 0.348. The summed E-state index contributed by atoms with van der Waals surface area (Å²) in [6.45, 7) is 4.18. The number of urea groups is 1. The first-order chi connectivity index (χ1) is 15.7. The zero-order chi connectivity index (χ0) is 23.5. The summed E-state index contributed by atoms with van der Waals surface area (Å²) < 4.78 is 6.02. The Morgan fingerprint density at radius 1 is 1.06 bits per heavy atom. The normalized spacial score (nSPS) is 25.7. The zero-order valence-corrected chi connectivity index (χ0v) is 18.0. The third-order valence-electron chi connectivity index (χ3n) is 6.70. The quantitative estimate of drug-likeness (QED) is 0.407. The minimum absolute atomic E-state index is 0.00381. The van der Waals surface area contributed by atoms with Crippen LogP contribution in [0.3, 0.4) is 0 Å². The fourth-order valence-corrected chi connectivity index (χ4v) is 5.40. The Morgan fingerprint density at radius 2 is 1.76 bits per heavy atom. The van der Waals surface area contributed by atoms with Crippen molar-refractivity contribution in [3.63, 3.8) is 0 Å². The van der Waals surface area contributed by atoms with E-state index in [1.54, 1.807) is 12.1 Å². The van der Waals surface area contributed by atoms with Gasteiger partial charge in [-0.15, -0.1) is 0 Å². The summed E-state index contributed by atoms with van der Waals surface area (Å²) >= 11 is 0. The van der Waals surface area contributed by atoms with E-state index in [1.807, 2.05) is 36.9 Å². The van der Waals surface area contributed by atoms with E-state index >= 15 is 0 Å². The van der Waals surface area contributed by atoms with Gasteiger partial charge in [0.1, 0.15) is 0 Å². The lowest BCUT2D eigenvalue weighted by atomic mass is 9.66. The van der Waals surface area contributed by atoms with Crippen LogP contribution in [-0.4, -0.2) is 47.6 Å². The van der Waals surface area contributed by atoms with Crippen molar-refractivity contribution in [3.8, 4) is 11.1 Å². The largest absolute Gasteiger partial charge is 0.372 e. The van der Waals surface area contributed by atoms with Gasteiger partial charge in [-0.05, 0) is 43.0 Å². The third kappa shape index (κ3) is 3.17. The Bertz CT molecular complexity index is 1190. The third-order valence-corrected chi connectivity index (χ3v) is 6.70. The van der Waals surface area contributed by atoms with Crippen LogP contribution in [0, 0.1) is 15.5 Å². The van der Waals surface area contributed by atoms with Gasteiger partial charge >= 0.3 is 6.03 Å². The first-order valence-electron chi connectivity index (χ1n) is 10.7. The molecule has 2 aromatic carbocycles. The van der Waals surface area contributed by atoms with Crippen LogP contribution in [-0.2, 0) is 20.7 Å². The number of hydrogen-bond acceptors (Lipinski definition) is 7. The number of nitrogens with one attached hydrogen (secondary N) is 2. The summed E-state index contributed by atoms with van der Waals surface area (Å²) in [6, 6.07) is 10.5. The molecule has 2 aromatic rings. The number of carbonyl (C=O) groups is 3. The maximum absolute atomic E-state index is 13.1. The summed E-state index contributed by atoms with van der Waals surface area (Å²) in [5.41, 5.74) is 1.57. The zero-order valence-electron chi connectivity index (χ0n) is 18.0. The van der Waals surface area contributed by atoms with Gasteiger partial charge in [0, 0.05) is 24.4 Å². The van der Waals surface area contributed by atoms with Crippen molar-refractivity contribution in [1.29, 1.82) is 0 Å². The minimum Gasteiger partial charge on any atom is -0.372 e. The number of non-ortho nitro benzene ring substituents is 1. The number of nitro benzene ring substituents is 1. The van der Waals surface area contributed by atoms with Crippen LogP contribution in [0.2, 0.25) is 0 Å². The fourth-order valence-electron chi connectivity index (χ4n) is 5.40. The lowest BCUT2D eigenvalue weighted by Gasteiger charge is -2.55. The Kier molecular flexibility index (Phi) is 4.71. The van der Waals surface area contributed by atoms with Gasteiger partial charge in [-0.3, -0.25) is 30.3 Å². The number of rotatable bonds is 2. The molecule has 3 heterocycles. The maximum Gasteiger partial charge on any atom is 0.328 e. The number of nitro groups is 1. The van der Waals surface area contributed by atoms with Crippen molar-refractivity contribution >= 4 is 29.2 Å². The molecule has 1 spiro atoms. The average molecular weight is 450 g/mol. The molecule has 4 amide bonds. The number of nitrogens with zero attached hydrogens (tertiary/aromatic N) is 2. The predicted molar refractivity (Wildman–Crippen MR) is 117 cm³/mol. The number of anilines is 1. The lowest BCUT2D eigenvalue weighted by molar-refractivity contribution is -0.384. The van der Waals surface area contributed by atoms with Crippen LogP contribution in [0.25, 0.3) is 11.1 Å². The van der Waals surface area contributed by atoms with Gasteiger partial charge in [0.25, 0.3) is 5.69 Å². The van der Waals surface area contributed by atoms with E-state index in [0.29, 0.717) is 12.1 Å². The molecule has 2 saturated heterocycles. The van der Waals surface area contributed by atoms with Crippen molar-refractivity contribution in [3.05, 3.63) is 58.1 Å². The Balaban J connectivity index is 1.65. The Hall–Kier alpha value is -3.79. The standard InChI is InChI=1S/C23H22N4O6/c1-12-11-26-18-9-15(14-4-3-5-17(8-14)27(31)32)6-7-16(18)10-23(19(26)13(2)33-12)20(28)24-22(30)25-21(23)29/h3-9,12-13,19H,10-11H2,1-2H3,(H2,24,25,28,29,30)/t12-,13+,19-/m1/s1. The van der Waals surface area contributed by atoms with Crippen molar-refractivity contribution in [2.75, 3.05) is 11.4 Å². The highest BCUT2D eigenvalue weighted by Crippen LogP contribution is 2.47. The average Bonchev–Trinajstić information content (AvgIpc) is 2.76. The molecule has 0 radical (unpaired) electrons. The van der Waals surface area contributed by atoms with E-state index in [9.17, 15) is 24.5 Å². The van der Waals surface area contributed by atoms with Gasteiger partial charge in [0.2, 0.25) is 11.8 Å². The highest BCUT2D eigenvalue weighted by molar-refractivity contribution is 6.20. The number of hydrogen-bond donors (Lipinski definition) is 2. The molecule has 10 nitrogen and oxygen atoms in total. The molecule has 5 rings (SSSR count). The second-order valence-electron chi connectivity index (χ2n) is 8.79. The lowest BCUT2D eigenvalue weighted by Crippen LogP contribution is -2.75. The van der Waals surface area contributed by atoms with Crippen molar-refractivity contribution in [2.45, 2.75) is 38.5 Å². The van der Waals surface area contributed by atoms with E-state index in [0.717, 1.165) is 16.8 Å². The topological polar surface area (TPSA) is 131 Å². The van der Waals surface area contributed by atoms with Crippen LogP contribution in [0.4, 0.5) is 16.2 Å². The minimum atomic E-state index is -1.52. The number of fused-ring (bicyclic) bond motifs is 4. The number of ether oxygens (including phenoxy) is 1. The molecule has 0 saturated carbocycles. The van der Waals surface area contributed by atoms with Gasteiger partial charge in [0.05, 0.1) is 23.2 Å². The smallest absolute Gasteiger partial charge is 0.328 e. The van der Waals surface area contributed by atoms with E-state index in [2.05, 4.69) is 10.6 Å². The van der Waals surface area contributed by atoms with Crippen LogP contribution < -0.4 is 15.5 Å². The summed E-state index contributed by atoms with van der Waals surface area (Å²) in [5.74, 6) is -1.27. The number of amides is 4. The number of barbiturate groups is 1. The summed E-state index contributed by atoms with van der Waals surface area (Å²) in [4.78, 5) is 50.8. The molecule has 0 aromatic heterocycles. The highest BCUT2D eigenvalue weighted by atomic mass is 16.6. The molecule has 170 valence electrons. The first kappa shape index (κ1) is 21.1. The van der Waals surface area contributed by atoms with Gasteiger partial charge in [0.15, 0.2) is 5.41 Å². The van der Waals surface area contributed by atoms with E-state index in [4.69, 9.17) is 4.74 Å². The second-order valence-corrected chi connectivity index (χ2v) is 8.79. The molecule has 10 heteroatoms. The number of imide groups is 2. The molecule has 0 unspecified atom stereocenters. The van der Waals surface area contributed by atoms with Crippen molar-refractivity contribution < 1.29 is 24.0 Å². The van der Waals surface area contributed by atoms with Crippen molar-refractivity contribution in [1.82, 2.24) is 10.6 Å². The highest BCUT2D eigenvalue weighted by Gasteiger charge is 2.62. The summed E-state index contributed by atoms with van der Waals surface area (Å²) in [7, 11) is 0. The summed E-state index contributed by atoms with van der Waals surface area (Å²) in [5, 5.41) is 15.7. The van der Waals surface area contributed by atoms with Crippen molar-refractivity contribution in [2.24, 2.45) is 5.41 Å². The molecule has 3 atom stereocenters. The number of morpholine rings is 1. The van der Waals surface area contributed by atoms with E-state index < -0.39 is 40.3 Å². The van der Waals surface area contributed by atoms with E-state index in [-0.39, 0.29) is 18.2 Å². The van der Waals surface area contributed by atoms with E-state index in [1.165, 1.54) is 12.1 Å². The SMILES string of the molecule is C[C@@H]1CN2c3cc(-c4cccc([N+](=O)[O-])c4)ccc3CC3(C(=O)NC(=O)NC3=O)[C@H]2[C@H](C)O1. The Morgan fingerprint density at radius 3 is 2.45 bits per heavy atom. The first-order valence-corrected chi connectivity index (χ1v) is 10.7. The molecular weight excluding hydrogens is 428 g/mol. The predicted octanol–water partition coefficient (Wildman–Crippen LogP) is 2.15. The Labute approximate surface area is 189 Å². The van der Waals surface area contributed by atoms with Gasteiger partial charge in [-0.1, -0.05) is 24.3 Å². The van der Waals surface area contributed by atoms with Gasteiger partial charge in [-0.25, -0.2) is 4.79 Å². The molecular formula is C23H22N4O6. The monoisotopic (exact) mass is 450 g/mol. The number of benzene rings is 2. The molecule has 2 fully saturated rings.